The average molecular weight is 752 g/mol. The lowest BCUT2D eigenvalue weighted by molar-refractivity contribution is -0.156. The summed E-state index contributed by atoms with van der Waals surface area (Å²) in [5.74, 6) is 0.504. The molecular weight excluding hydrogens is 699 g/mol. The number of hydrogen-bond donors (Lipinski definition) is 3. The van der Waals surface area contributed by atoms with Crippen molar-refractivity contribution in [2.24, 2.45) is 0 Å². The highest BCUT2D eigenvalue weighted by atomic mass is 35.5. The number of ether oxygens (including phenoxy) is 2. The molecule has 0 radical (unpaired) electrons. The number of esters is 1. The summed E-state index contributed by atoms with van der Waals surface area (Å²) < 4.78 is 10.7. The van der Waals surface area contributed by atoms with Crippen molar-refractivity contribution in [1.29, 1.82) is 0 Å². The highest BCUT2D eigenvalue weighted by molar-refractivity contribution is 6.32. The van der Waals surface area contributed by atoms with E-state index in [1.165, 1.54) is 0 Å². The molecular formula is C30H53Cl3N12O4. The molecule has 2 aliphatic rings. The lowest BCUT2D eigenvalue weighted by Crippen LogP contribution is -2.61. The zero-order valence-electron chi connectivity index (χ0n) is 29.4. The third kappa shape index (κ3) is 15.6. The molecule has 0 atom stereocenters. The first-order valence-electron chi connectivity index (χ1n) is 15.3. The van der Waals surface area contributed by atoms with Gasteiger partial charge in [0, 0.05) is 44.8 Å². The molecule has 4 heterocycles. The van der Waals surface area contributed by atoms with Gasteiger partial charge in [-0.05, 0) is 80.8 Å². The molecule has 0 bridgehead atoms. The zero-order chi connectivity index (χ0) is 36.7. The van der Waals surface area contributed by atoms with E-state index in [0.717, 1.165) is 19.6 Å². The number of piperazine rings is 2. The second kappa shape index (κ2) is 17.7. The predicted octanol–water partition coefficient (Wildman–Crippen LogP) is 4.35. The van der Waals surface area contributed by atoms with Crippen molar-refractivity contribution in [2.75, 3.05) is 62.2 Å². The topological polar surface area (TPSA) is 204 Å². The first kappa shape index (κ1) is 44.0. The summed E-state index contributed by atoms with van der Waals surface area (Å²) >= 11 is 16.4. The molecule has 2 fully saturated rings. The van der Waals surface area contributed by atoms with Crippen molar-refractivity contribution in [3.8, 4) is 0 Å². The first-order valence-corrected chi connectivity index (χ1v) is 16.4. The van der Waals surface area contributed by atoms with E-state index in [9.17, 15) is 9.59 Å². The summed E-state index contributed by atoms with van der Waals surface area (Å²) in [6.07, 6.45) is -0.320. The van der Waals surface area contributed by atoms with Gasteiger partial charge < -0.3 is 36.1 Å². The van der Waals surface area contributed by atoms with Crippen LogP contribution >= 0.6 is 34.8 Å². The molecule has 0 saturated carbocycles. The van der Waals surface area contributed by atoms with E-state index in [-0.39, 0.29) is 57.9 Å². The Balaban J connectivity index is 0.000000400. The molecule has 5 N–H and O–H groups in total. The Morgan fingerprint density at radius 2 is 1.37 bits per heavy atom. The minimum Gasteiger partial charge on any atom is -0.459 e. The monoisotopic (exact) mass is 750 g/mol. The number of carbonyl (C=O) groups is 2. The van der Waals surface area contributed by atoms with Crippen LogP contribution in [-0.4, -0.2) is 120 Å². The minimum atomic E-state index is -0.518. The van der Waals surface area contributed by atoms with E-state index < -0.39 is 11.1 Å². The van der Waals surface area contributed by atoms with Gasteiger partial charge in [-0.2, -0.15) is 9.97 Å². The van der Waals surface area contributed by atoms with E-state index in [1.54, 1.807) is 4.90 Å². The molecule has 49 heavy (non-hydrogen) atoms. The predicted molar refractivity (Wildman–Crippen MR) is 194 cm³/mol. The summed E-state index contributed by atoms with van der Waals surface area (Å²) in [6.45, 7) is 24.2. The number of nitrogens with zero attached hydrogens (tertiary/aromatic N) is 9. The van der Waals surface area contributed by atoms with Crippen LogP contribution in [0.4, 0.5) is 22.4 Å². The number of rotatable bonds is 3. The fourth-order valence-corrected chi connectivity index (χ4v) is 4.97. The maximum atomic E-state index is 12.2. The third-order valence-corrected chi connectivity index (χ3v) is 7.22. The van der Waals surface area contributed by atoms with Crippen LogP contribution in [-0.2, 0) is 14.3 Å². The van der Waals surface area contributed by atoms with Crippen LogP contribution in [0, 0.1) is 0 Å². The second-order valence-electron chi connectivity index (χ2n) is 14.5. The summed E-state index contributed by atoms with van der Waals surface area (Å²) in [6, 6.07) is 0. The molecule has 2 aromatic rings. The Bertz CT molecular complexity index is 1400. The lowest BCUT2D eigenvalue weighted by atomic mass is 9.99. The van der Waals surface area contributed by atoms with Gasteiger partial charge >= 0.3 is 12.1 Å². The number of amides is 1. The molecule has 2 aromatic heterocycles. The summed E-state index contributed by atoms with van der Waals surface area (Å²) in [4.78, 5) is 37.4. The summed E-state index contributed by atoms with van der Waals surface area (Å²) in [5, 5.41) is 18.1. The Kier molecular flexibility index (Phi) is 15.9. The van der Waals surface area contributed by atoms with Crippen molar-refractivity contribution in [1.82, 2.24) is 45.5 Å². The van der Waals surface area contributed by atoms with Crippen molar-refractivity contribution in [2.45, 2.75) is 98.9 Å². The van der Waals surface area contributed by atoms with Gasteiger partial charge in [0.25, 0.3) is 0 Å². The SMILES string of the molecule is C.CC(C)(C)OC(=O)N1CCN(c2nnc(Cl)c(N)n2)C(C)(C)C1.CC1(C)CN(CC(=O)OC(C)(C)C)CCN1.Nc1nc(Cl)nnc1Cl. The number of nitrogen functional groups attached to an aromatic ring is 2. The third-order valence-electron chi connectivity index (χ3n) is 6.52. The van der Waals surface area contributed by atoms with Gasteiger partial charge in [0.05, 0.1) is 12.1 Å². The molecule has 16 nitrogen and oxygen atoms in total. The molecule has 2 saturated heterocycles. The molecule has 278 valence electrons. The number of anilines is 3. The fourth-order valence-electron chi connectivity index (χ4n) is 4.68. The van der Waals surface area contributed by atoms with Crippen LogP contribution in [0.1, 0.15) is 76.7 Å². The Morgan fingerprint density at radius 3 is 1.84 bits per heavy atom. The van der Waals surface area contributed by atoms with Crippen LogP contribution in [0.2, 0.25) is 15.6 Å². The maximum Gasteiger partial charge on any atom is 0.410 e. The van der Waals surface area contributed by atoms with Crippen molar-refractivity contribution in [3.63, 3.8) is 0 Å². The molecule has 0 aromatic carbocycles. The van der Waals surface area contributed by atoms with Gasteiger partial charge in [-0.3, -0.25) is 9.69 Å². The van der Waals surface area contributed by atoms with Crippen molar-refractivity contribution < 1.29 is 19.1 Å². The highest BCUT2D eigenvalue weighted by Gasteiger charge is 2.39. The number of nitrogens with one attached hydrogen (secondary N) is 1. The number of nitrogens with two attached hydrogens (primary N) is 2. The van der Waals surface area contributed by atoms with E-state index in [1.807, 2.05) is 60.3 Å². The minimum absolute atomic E-state index is 0. The number of aromatic nitrogens is 6. The molecule has 4 rings (SSSR count). The number of hydrogen-bond acceptors (Lipinski definition) is 15. The van der Waals surface area contributed by atoms with E-state index in [0.29, 0.717) is 32.1 Å². The quantitative estimate of drug-likeness (QED) is 0.373. The Labute approximate surface area is 304 Å². The maximum absolute atomic E-state index is 12.2. The van der Waals surface area contributed by atoms with E-state index in [2.05, 4.69) is 54.4 Å². The molecule has 2 aliphatic heterocycles. The normalized spacial score (nSPS) is 17.3. The highest BCUT2D eigenvalue weighted by Crippen LogP contribution is 2.27. The van der Waals surface area contributed by atoms with E-state index in [4.69, 9.17) is 55.7 Å². The standard InChI is InChI=1S/C14H23ClN6O2.C12H24N2O2.C3H2Cl2N4.CH4/c1-13(2,3)23-12(22)20-6-7-21(14(4,5)8-20)11-17-10(16)9(15)18-19-11;1-11(2,3)16-10(15)8-14-7-6-13-12(4,5)9-14;4-1-2(6)7-3(5)9-8-1;/h6-8H2,1-5H3,(H2,16,17,19);13H,6-9H2,1-5H3;(H2,6,7,9);1H4. The van der Waals surface area contributed by atoms with Gasteiger partial charge in [0.2, 0.25) is 11.2 Å². The van der Waals surface area contributed by atoms with Crippen LogP contribution in [0.3, 0.4) is 0 Å². The molecule has 0 unspecified atom stereocenters. The average Bonchev–Trinajstić information content (AvgIpc) is 2.90. The first-order chi connectivity index (χ1) is 21.9. The van der Waals surface area contributed by atoms with Gasteiger partial charge in [0.1, 0.15) is 11.2 Å². The van der Waals surface area contributed by atoms with Gasteiger partial charge in [-0.25, -0.2) is 4.79 Å². The van der Waals surface area contributed by atoms with Crippen LogP contribution in [0.15, 0.2) is 0 Å². The molecule has 0 spiro atoms. The van der Waals surface area contributed by atoms with Crippen molar-refractivity contribution >= 4 is 64.4 Å². The number of carbonyl (C=O) groups excluding carboxylic acids is 2. The van der Waals surface area contributed by atoms with Gasteiger partial charge in [-0.1, -0.05) is 30.6 Å². The molecule has 1 amide bonds. The Hall–Kier alpha value is -3.05. The summed E-state index contributed by atoms with van der Waals surface area (Å²) in [7, 11) is 0. The second-order valence-corrected chi connectivity index (χ2v) is 15.6. The van der Waals surface area contributed by atoms with Gasteiger partial charge in [-0.15, -0.1) is 20.4 Å². The van der Waals surface area contributed by atoms with E-state index >= 15 is 0 Å². The Morgan fingerprint density at radius 1 is 0.816 bits per heavy atom. The zero-order valence-corrected chi connectivity index (χ0v) is 31.7. The lowest BCUT2D eigenvalue weighted by Gasteiger charge is -2.46. The van der Waals surface area contributed by atoms with Crippen LogP contribution in [0.25, 0.3) is 0 Å². The van der Waals surface area contributed by atoms with Crippen LogP contribution < -0.4 is 21.7 Å². The molecule has 19 heteroatoms. The van der Waals surface area contributed by atoms with Gasteiger partial charge in [0.15, 0.2) is 21.9 Å². The number of halogens is 3. The fraction of sp³-hybridized carbons (Fsp3) is 0.733. The summed E-state index contributed by atoms with van der Waals surface area (Å²) in [5.41, 5.74) is 9.68. The van der Waals surface area contributed by atoms with Crippen LogP contribution in [0.5, 0.6) is 0 Å². The van der Waals surface area contributed by atoms with Crippen molar-refractivity contribution in [3.05, 3.63) is 15.6 Å². The smallest absolute Gasteiger partial charge is 0.410 e. The molecule has 0 aliphatic carbocycles. The largest absolute Gasteiger partial charge is 0.459 e.